The molecular weight excluding hydrogens is 215 g/mol. The molecule has 2 aromatic rings. The van der Waals surface area contributed by atoms with Crippen LogP contribution in [0.5, 0.6) is 0 Å². The van der Waals surface area contributed by atoms with Crippen LogP contribution in [0, 0.1) is 5.82 Å². The highest BCUT2D eigenvalue weighted by Gasteiger charge is 2.07. The molecule has 2 rings (SSSR count). The highest BCUT2D eigenvalue weighted by atomic mass is 19.1. The molecule has 0 atom stereocenters. The van der Waals surface area contributed by atoms with Crippen molar-refractivity contribution in [3.8, 4) is 0 Å². The Morgan fingerprint density at radius 1 is 1.06 bits per heavy atom. The molecule has 0 saturated heterocycles. The summed E-state index contributed by atoms with van der Waals surface area (Å²) in [4.78, 5) is 2.01. The average Bonchev–Trinajstić information content (AvgIpc) is 2.30. The number of nitrogens with zero attached hydrogens (tertiary/aromatic N) is 1. The van der Waals surface area contributed by atoms with E-state index in [1.165, 1.54) is 12.1 Å². The molecular formula is C14H15FN2. The minimum Gasteiger partial charge on any atom is -0.399 e. The van der Waals surface area contributed by atoms with Gasteiger partial charge in [-0.1, -0.05) is 12.1 Å². The zero-order chi connectivity index (χ0) is 12.3. The van der Waals surface area contributed by atoms with Crippen LogP contribution in [-0.4, -0.2) is 6.54 Å². The summed E-state index contributed by atoms with van der Waals surface area (Å²) in [6.07, 6.45) is 0. The Bertz CT molecular complexity index is 466. The third kappa shape index (κ3) is 2.56. The maximum Gasteiger partial charge on any atom is 0.125 e. The molecule has 0 aliphatic rings. The van der Waals surface area contributed by atoms with Crippen LogP contribution < -0.4 is 10.6 Å². The minimum atomic E-state index is -0.232. The maximum atomic E-state index is 13.2. The van der Waals surface area contributed by atoms with Gasteiger partial charge in [0.15, 0.2) is 0 Å². The van der Waals surface area contributed by atoms with Crippen LogP contribution in [0.1, 0.15) is 6.92 Å². The number of halogens is 1. The molecule has 0 amide bonds. The molecule has 0 aliphatic heterocycles. The number of anilines is 3. The van der Waals surface area contributed by atoms with Crippen molar-refractivity contribution >= 4 is 17.1 Å². The highest BCUT2D eigenvalue weighted by molar-refractivity contribution is 5.66. The van der Waals surface area contributed by atoms with E-state index in [4.69, 9.17) is 5.73 Å². The summed E-state index contributed by atoms with van der Waals surface area (Å²) in [7, 11) is 0. The van der Waals surface area contributed by atoms with Crippen LogP contribution in [0.4, 0.5) is 21.5 Å². The van der Waals surface area contributed by atoms with E-state index >= 15 is 0 Å². The van der Waals surface area contributed by atoms with Gasteiger partial charge in [0.1, 0.15) is 5.82 Å². The van der Waals surface area contributed by atoms with Crippen LogP contribution in [0.3, 0.4) is 0 Å². The standard InChI is InChI=1S/C14H15FN2/c1-2-17(13-7-3-5-11(15)9-13)14-8-4-6-12(16)10-14/h3-10H,2,16H2,1H3. The Kier molecular flexibility index (Phi) is 3.28. The van der Waals surface area contributed by atoms with Crippen LogP contribution in [0.25, 0.3) is 0 Å². The predicted octanol–water partition coefficient (Wildman–Crippen LogP) is 3.57. The van der Waals surface area contributed by atoms with Crippen molar-refractivity contribution in [3.63, 3.8) is 0 Å². The summed E-state index contributed by atoms with van der Waals surface area (Å²) in [5, 5.41) is 0. The lowest BCUT2D eigenvalue weighted by molar-refractivity contribution is 0.627. The first-order valence-corrected chi connectivity index (χ1v) is 5.59. The summed E-state index contributed by atoms with van der Waals surface area (Å²) in [6, 6.07) is 14.1. The molecule has 2 aromatic carbocycles. The first-order valence-electron chi connectivity index (χ1n) is 5.59. The summed E-state index contributed by atoms with van der Waals surface area (Å²) in [6.45, 7) is 2.78. The fraction of sp³-hybridized carbons (Fsp3) is 0.143. The second-order valence-corrected chi connectivity index (χ2v) is 3.82. The van der Waals surface area contributed by atoms with Crippen molar-refractivity contribution in [2.75, 3.05) is 17.2 Å². The van der Waals surface area contributed by atoms with Crippen molar-refractivity contribution < 1.29 is 4.39 Å². The molecule has 0 heterocycles. The number of hydrogen-bond donors (Lipinski definition) is 1. The molecule has 0 aliphatic carbocycles. The quantitative estimate of drug-likeness (QED) is 0.817. The lowest BCUT2D eigenvalue weighted by Crippen LogP contribution is -2.16. The molecule has 2 N–H and O–H groups in total. The SMILES string of the molecule is CCN(c1cccc(N)c1)c1cccc(F)c1. The van der Waals surface area contributed by atoms with Crippen LogP contribution in [0.15, 0.2) is 48.5 Å². The summed E-state index contributed by atoms with van der Waals surface area (Å²) >= 11 is 0. The van der Waals surface area contributed by atoms with Gasteiger partial charge in [-0.3, -0.25) is 0 Å². The van der Waals surface area contributed by atoms with Gasteiger partial charge in [-0.2, -0.15) is 0 Å². The second kappa shape index (κ2) is 4.87. The first-order chi connectivity index (χ1) is 8.20. The van der Waals surface area contributed by atoms with Crippen molar-refractivity contribution in [1.82, 2.24) is 0 Å². The third-order valence-corrected chi connectivity index (χ3v) is 2.62. The van der Waals surface area contributed by atoms with Crippen molar-refractivity contribution in [2.45, 2.75) is 6.92 Å². The van der Waals surface area contributed by atoms with Gasteiger partial charge >= 0.3 is 0 Å². The van der Waals surface area contributed by atoms with Gasteiger partial charge in [-0.25, -0.2) is 4.39 Å². The maximum absolute atomic E-state index is 13.2. The summed E-state index contributed by atoms with van der Waals surface area (Å²) in [5.74, 6) is -0.232. The van der Waals surface area contributed by atoms with E-state index in [0.29, 0.717) is 5.69 Å². The van der Waals surface area contributed by atoms with Gasteiger partial charge < -0.3 is 10.6 Å². The van der Waals surface area contributed by atoms with Gasteiger partial charge in [0.05, 0.1) is 0 Å². The average molecular weight is 230 g/mol. The molecule has 2 nitrogen and oxygen atoms in total. The molecule has 88 valence electrons. The predicted molar refractivity (Wildman–Crippen MR) is 69.9 cm³/mol. The fourth-order valence-electron chi connectivity index (χ4n) is 1.85. The van der Waals surface area contributed by atoms with Gasteiger partial charge in [0.25, 0.3) is 0 Å². The minimum absolute atomic E-state index is 0.232. The molecule has 0 unspecified atom stereocenters. The highest BCUT2D eigenvalue weighted by Crippen LogP contribution is 2.26. The molecule has 0 spiro atoms. The Morgan fingerprint density at radius 2 is 1.71 bits per heavy atom. The van der Waals surface area contributed by atoms with E-state index in [0.717, 1.165) is 17.9 Å². The monoisotopic (exact) mass is 230 g/mol. The molecule has 0 aromatic heterocycles. The van der Waals surface area contributed by atoms with Crippen molar-refractivity contribution in [3.05, 3.63) is 54.3 Å². The number of rotatable bonds is 3. The number of nitrogen functional groups attached to an aromatic ring is 1. The van der Waals surface area contributed by atoms with E-state index in [1.54, 1.807) is 6.07 Å². The largest absolute Gasteiger partial charge is 0.399 e. The molecule has 0 saturated carbocycles. The zero-order valence-corrected chi connectivity index (χ0v) is 9.73. The van der Waals surface area contributed by atoms with Gasteiger partial charge in [-0.15, -0.1) is 0 Å². The Labute approximate surface area is 100 Å². The van der Waals surface area contributed by atoms with Gasteiger partial charge in [0.2, 0.25) is 0 Å². The van der Waals surface area contributed by atoms with E-state index < -0.39 is 0 Å². The van der Waals surface area contributed by atoms with E-state index in [-0.39, 0.29) is 5.82 Å². The summed E-state index contributed by atoms with van der Waals surface area (Å²) < 4.78 is 13.2. The Morgan fingerprint density at radius 3 is 2.29 bits per heavy atom. The van der Waals surface area contributed by atoms with E-state index in [1.807, 2.05) is 42.2 Å². The first kappa shape index (κ1) is 11.5. The smallest absolute Gasteiger partial charge is 0.125 e. The molecule has 3 heteroatoms. The number of benzene rings is 2. The van der Waals surface area contributed by atoms with Gasteiger partial charge in [0, 0.05) is 23.6 Å². The number of nitrogens with two attached hydrogens (primary N) is 1. The second-order valence-electron chi connectivity index (χ2n) is 3.82. The molecule has 0 fully saturated rings. The molecule has 0 radical (unpaired) electrons. The Hall–Kier alpha value is -2.03. The van der Waals surface area contributed by atoms with Gasteiger partial charge in [-0.05, 0) is 43.3 Å². The van der Waals surface area contributed by atoms with Crippen LogP contribution in [-0.2, 0) is 0 Å². The number of hydrogen-bond acceptors (Lipinski definition) is 2. The third-order valence-electron chi connectivity index (χ3n) is 2.62. The van der Waals surface area contributed by atoms with Crippen molar-refractivity contribution in [2.24, 2.45) is 0 Å². The summed E-state index contributed by atoms with van der Waals surface area (Å²) in [5.41, 5.74) is 8.27. The zero-order valence-electron chi connectivity index (χ0n) is 9.73. The lowest BCUT2D eigenvalue weighted by atomic mass is 10.2. The fourth-order valence-corrected chi connectivity index (χ4v) is 1.85. The molecule has 0 bridgehead atoms. The van der Waals surface area contributed by atoms with Crippen LogP contribution in [0.2, 0.25) is 0 Å². The van der Waals surface area contributed by atoms with Crippen molar-refractivity contribution in [1.29, 1.82) is 0 Å². The van der Waals surface area contributed by atoms with Crippen LogP contribution >= 0.6 is 0 Å². The topological polar surface area (TPSA) is 29.3 Å². The van der Waals surface area contributed by atoms with E-state index in [9.17, 15) is 4.39 Å². The Balaban J connectivity index is 2.40. The normalized spacial score (nSPS) is 10.2. The molecule has 17 heavy (non-hydrogen) atoms. The lowest BCUT2D eigenvalue weighted by Gasteiger charge is -2.23. The van der Waals surface area contributed by atoms with E-state index in [2.05, 4.69) is 0 Å².